The normalized spacial score (nSPS) is 18.1. The summed E-state index contributed by atoms with van der Waals surface area (Å²) in [5.74, 6) is 0. The molecule has 2 rings (SSSR count). The fourth-order valence-corrected chi connectivity index (χ4v) is 2.67. The molecule has 1 fully saturated rings. The molecule has 0 spiro atoms. The molecule has 2 amide bonds. The average Bonchev–Trinajstić information content (AvgIpc) is 2.86. The molecule has 0 aromatic carbocycles. The van der Waals surface area contributed by atoms with E-state index in [1.807, 2.05) is 19.2 Å². The topological polar surface area (TPSA) is 70.4 Å². The van der Waals surface area contributed by atoms with Crippen LogP contribution in [0.5, 0.6) is 0 Å². The summed E-state index contributed by atoms with van der Waals surface area (Å²) in [5, 5.41) is 16.5. The average molecular weight is 280 g/mol. The molecule has 0 unspecified atom stereocenters. The first-order valence-electron chi connectivity index (χ1n) is 7.15. The van der Waals surface area contributed by atoms with Gasteiger partial charge in [-0.1, -0.05) is 6.42 Å². The molecule has 0 radical (unpaired) electrons. The van der Waals surface area contributed by atoms with Gasteiger partial charge in [0.25, 0.3) is 0 Å². The van der Waals surface area contributed by atoms with Gasteiger partial charge in [-0.25, -0.2) is 4.79 Å². The highest BCUT2D eigenvalue weighted by Gasteiger charge is 2.38. The number of hydrogen-bond acceptors (Lipinski definition) is 3. The lowest BCUT2D eigenvalue weighted by Gasteiger charge is -2.42. The van der Waals surface area contributed by atoms with E-state index in [-0.39, 0.29) is 24.1 Å². The number of aliphatic hydroxyl groups is 1. The van der Waals surface area contributed by atoms with Crippen LogP contribution in [0.15, 0.2) is 18.5 Å². The predicted octanol–water partition coefficient (Wildman–Crippen LogP) is 1.08. The summed E-state index contributed by atoms with van der Waals surface area (Å²) >= 11 is 0. The summed E-state index contributed by atoms with van der Waals surface area (Å²) in [5.41, 5.74) is -0.0721. The Labute approximate surface area is 119 Å². The van der Waals surface area contributed by atoms with Crippen molar-refractivity contribution < 1.29 is 9.90 Å². The summed E-state index contributed by atoms with van der Waals surface area (Å²) in [4.78, 5) is 13.8. The smallest absolute Gasteiger partial charge is 0.317 e. The molecular weight excluding hydrogens is 256 g/mol. The third kappa shape index (κ3) is 3.50. The predicted molar refractivity (Wildman–Crippen MR) is 76.2 cm³/mol. The number of nitrogens with one attached hydrogen (secondary N) is 1. The lowest BCUT2D eigenvalue weighted by Crippen LogP contribution is -2.50. The Hall–Kier alpha value is -1.56. The first-order chi connectivity index (χ1) is 9.54. The molecular formula is C14H24N4O2. The first kappa shape index (κ1) is 14.8. The molecule has 2 N–H and O–H groups in total. The van der Waals surface area contributed by atoms with E-state index in [0.29, 0.717) is 13.1 Å². The molecule has 1 saturated carbocycles. The minimum atomic E-state index is -0.0932. The van der Waals surface area contributed by atoms with Crippen molar-refractivity contribution in [2.24, 2.45) is 5.41 Å². The summed E-state index contributed by atoms with van der Waals surface area (Å²) in [6.07, 6.45) is 6.75. The molecule has 1 heterocycles. The van der Waals surface area contributed by atoms with Gasteiger partial charge in [0.1, 0.15) is 0 Å². The van der Waals surface area contributed by atoms with Crippen molar-refractivity contribution in [1.29, 1.82) is 0 Å². The van der Waals surface area contributed by atoms with Crippen molar-refractivity contribution in [3.63, 3.8) is 0 Å². The lowest BCUT2D eigenvalue weighted by molar-refractivity contribution is 0.0227. The van der Waals surface area contributed by atoms with Crippen LogP contribution in [0.1, 0.15) is 26.2 Å². The Morgan fingerprint density at radius 3 is 2.85 bits per heavy atom. The molecule has 112 valence electrons. The van der Waals surface area contributed by atoms with Crippen molar-refractivity contribution in [1.82, 2.24) is 20.0 Å². The van der Waals surface area contributed by atoms with Crippen molar-refractivity contribution in [2.75, 3.05) is 20.2 Å². The zero-order chi connectivity index (χ0) is 14.6. The van der Waals surface area contributed by atoms with Gasteiger partial charge in [-0.3, -0.25) is 4.68 Å². The number of carbonyl (C=O) groups is 1. The van der Waals surface area contributed by atoms with Crippen molar-refractivity contribution in [3.05, 3.63) is 18.5 Å². The molecule has 0 aliphatic heterocycles. The monoisotopic (exact) mass is 280 g/mol. The van der Waals surface area contributed by atoms with Crippen molar-refractivity contribution >= 4 is 6.03 Å². The van der Waals surface area contributed by atoms with E-state index in [2.05, 4.69) is 10.4 Å². The Morgan fingerprint density at radius 2 is 2.35 bits per heavy atom. The van der Waals surface area contributed by atoms with Crippen LogP contribution >= 0.6 is 0 Å². The standard InChI is InChI=1S/C14H24N4O2/c1-12(9-18-8-4-7-15-18)16-13(20)17(2)10-14(11-19)5-3-6-14/h4,7-8,12,19H,3,5-6,9-11H2,1-2H3,(H,16,20)/t12-/m1/s1. The molecule has 1 aliphatic carbocycles. The van der Waals surface area contributed by atoms with Crippen molar-refractivity contribution in [2.45, 2.75) is 38.8 Å². The van der Waals surface area contributed by atoms with Gasteiger partial charge in [0.2, 0.25) is 0 Å². The van der Waals surface area contributed by atoms with E-state index in [1.165, 1.54) is 0 Å². The Morgan fingerprint density at radius 1 is 1.60 bits per heavy atom. The summed E-state index contributed by atoms with van der Waals surface area (Å²) in [6.45, 7) is 3.38. The van der Waals surface area contributed by atoms with Crippen LogP contribution in [-0.2, 0) is 6.54 Å². The molecule has 6 heteroatoms. The summed E-state index contributed by atoms with van der Waals surface area (Å²) < 4.78 is 1.80. The van der Waals surface area contributed by atoms with E-state index >= 15 is 0 Å². The number of amides is 2. The third-order valence-electron chi connectivity index (χ3n) is 4.06. The van der Waals surface area contributed by atoms with E-state index in [9.17, 15) is 9.90 Å². The maximum absolute atomic E-state index is 12.1. The second kappa shape index (κ2) is 6.26. The fraction of sp³-hybridized carbons (Fsp3) is 0.714. The number of aliphatic hydroxyl groups excluding tert-OH is 1. The molecule has 1 aromatic heterocycles. The number of nitrogens with zero attached hydrogens (tertiary/aromatic N) is 3. The largest absolute Gasteiger partial charge is 0.396 e. The molecule has 0 saturated heterocycles. The molecule has 1 atom stereocenters. The number of hydrogen-bond donors (Lipinski definition) is 2. The zero-order valence-electron chi connectivity index (χ0n) is 12.2. The number of urea groups is 1. The van der Waals surface area contributed by atoms with Gasteiger partial charge in [-0.05, 0) is 25.8 Å². The van der Waals surface area contributed by atoms with Crippen LogP contribution in [0.25, 0.3) is 0 Å². The highest BCUT2D eigenvalue weighted by atomic mass is 16.3. The zero-order valence-corrected chi connectivity index (χ0v) is 12.2. The highest BCUT2D eigenvalue weighted by Crippen LogP contribution is 2.40. The maximum Gasteiger partial charge on any atom is 0.317 e. The second-order valence-corrected chi connectivity index (χ2v) is 5.95. The molecule has 0 bridgehead atoms. The fourth-order valence-electron chi connectivity index (χ4n) is 2.67. The van der Waals surface area contributed by atoms with Gasteiger partial charge >= 0.3 is 6.03 Å². The maximum atomic E-state index is 12.1. The second-order valence-electron chi connectivity index (χ2n) is 5.95. The van der Waals surface area contributed by atoms with Crippen LogP contribution in [0, 0.1) is 5.41 Å². The minimum absolute atomic E-state index is 0.0105. The minimum Gasteiger partial charge on any atom is -0.396 e. The van der Waals surface area contributed by atoms with Gasteiger partial charge in [-0.2, -0.15) is 5.10 Å². The van der Waals surface area contributed by atoms with Crippen LogP contribution in [0.3, 0.4) is 0 Å². The highest BCUT2D eigenvalue weighted by molar-refractivity contribution is 5.74. The number of aromatic nitrogens is 2. The van der Waals surface area contributed by atoms with E-state index in [4.69, 9.17) is 0 Å². The van der Waals surface area contributed by atoms with Crippen molar-refractivity contribution in [3.8, 4) is 0 Å². The Kier molecular flexibility index (Phi) is 4.65. The molecule has 1 aromatic rings. The Balaban J connectivity index is 1.78. The van der Waals surface area contributed by atoms with Crippen LogP contribution in [0.2, 0.25) is 0 Å². The van der Waals surface area contributed by atoms with Gasteiger partial charge in [-0.15, -0.1) is 0 Å². The summed E-state index contributed by atoms with van der Waals surface area (Å²) in [7, 11) is 1.78. The first-order valence-corrected chi connectivity index (χ1v) is 7.15. The third-order valence-corrected chi connectivity index (χ3v) is 4.06. The SMILES string of the molecule is C[C@H](Cn1cccn1)NC(=O)N(C)CC1(CO)CCC1. The molecule has 6 nitrogen and oxygen atoms in total. The van der Waals surface area contributed by atoms with E-state index < -0.39 is 0 Å². The van der Waals surface area contributed by atoms with Gasteiger partial charge in [0.15, 0.2) is 0 Å². The lowest BCUT2D eigenvalue weighted by atomic mass is 9.69. The molecule has 1 aliphatic rings. The van der Waals surface area contributed by atoms with Crippen LogP contribution in [-0.4, -0.2) is 52.1 Å². The van der Waals surface area contributed by atoms with Crippen LogP contribution < -0.4 is 5.32 Å². The summed E-state index contributed by atoms with van der Waals surface area (Å²) in [6, 6.07) is 1.78. The van der Waals surface area contributed by atoms with Gasteiger partial charge in [0.05, 0.1) is 13.2 Å². The number of rotatable bonds is 6. The Bertz CT molecular complexity index is 423. The van der Waals surface area contributed by atoms with Gasteiger partial charge < -0.3 is 15.3 Å². The molecule has 20 heavy (non-hydrogen) atoms. The quantitative estimate of drug-likeness (QED) is 0.819. The van der Waals surface area contributed by atoms with Gasteiger partial charge in [0, 0.05) is 37.4 Å². The van der Waals surface area contributed by atoms with Crippen LogP contribution in [0.4, 0.5) is 4.79 Å². The van der Waals surface area contributed by atoms with E-state index in [0.717, 1.165) is 19.3 Å². The van der Waals surface area contributed by atoms with E-state index in [1.54, 1.807) is 22.8 Å². The number of carbonyl (C=O) groups excluding carboxylic acids is 1.